The summed E-state index contributed by atoms with van der Waals surface area (Å²) in [5, 5.41) is 0.483. The zero-order valence-electron chi connectivity index (χ0n) is 10.0. The SMILES string of the molecule is COCCCCOC(=O)c1cc(N)c(Cl)c(Cl)c1. The number of hydrogen-bond acceptors (Lipinski definition) is 4. The van der Waals surface area contributed by atoms with Crippen LogP contribution in [0, 0.1) is 0 Å². The predicted molar refractivity (Wildman–Crippen MR) is 72.3 cm³/mol. The standard InChI is InChI=1S/C12H15Cl2NO3/c1-17-4-2-3-5-18-12(16)8-6-9(13)11(14)10(15)7-8/h6-7H,2-5,15H2,1H3. The summed E-state index contributed by atoms with van der Waals surface area (Å²) >= 11 is 11.6. The van der Waals surface area contributed by atoms with Crippen LogP contribution < -0.4 is 5.73 Å². The van der Waals surface area contributed by atoms with E-state index in [9.17, 15) is 4.79 Å². The van der Waals surface area contributed by atoms with Crippen LogP contribution in [0.2, 0.25) is 10.0 Å². The number of hydrogen-bond donors (Lipinski definition) is 1. The lowest BCUT2D eigenvalue weighted by Crippen LogP contribution is -2.08. The Morgan fingerprint density at radius 1 is 1.28 bits per heavy atom. The third-order valence-corrected chi connectivity index (χ3v) is 3.08. The largest absolute Gasteiger partial charge is 0.462 e. The molecule has 100 valence electrons. The van der Waals surface area contributed by atoms with E-state index in [1.807, 2.05) is 0 Å². The van der Waals surface area contributed by atoms with E-state index < -0.39 is 5.97 Å². The highest BCUT2D eigenvalue weighted by Crippen LogP contribution is 2.29. The van der Waals surface area contributed by atoms with Crippen molar-refractivity contribution in [2.45, 2.75) is 12.8 Å². The van der Waals surface area contributed by atoms with E-state index in [2.05, 4.69) is 0 Å². The number of carbonyl (C=O) groups excluding carboxylic acids is 1. The summed E-state index contributed by atoms with van der Waals surface area (Å²) in [7, 11) is 1.63. The van der Waals surface area contributed by atoms with Crippen molar-refractivity contribution in [2.75, 3.05) is 26.1 Å². The molecule has 0 atom stereocenters. The number of rotatable bonds is 6. The van der Waals surface area contributed by atoms with Gasteiger partial charge in [0, 0.05) is 13.7 Å². The Kier molecular flexibility index (Phi) is 6.25. The molecule has 6 heteroatoms. The minimum atomic E-state index is -0.460. The first-order valence-electron chi connectivity index (χ1n) is 5.47. The fraction of sp³-hybridized carbons (Fsp3) is 0.417. The molecule has 0 heterocycles. The van der Waals surface area contributed by atoms with E-state index in [-0.39, 0.29) is 15.7 Å². The summed E-state index contributed by atoms with van der Waals surface area (Å²) in [6, 6.07) is 2.89. The van der Waals surface area contributed by atoms with Gasteiger partial charge in [0.15, 0.2) is 0 Å². The van der Waals surface area contributed by atoms with Crippen molar-refractivity contribution in [3.63, 3.8) is 0 Å². The number of ether oxygens (including phenoxy) is 2. The van der Waals surface area contributed by atoms with Crippen molar-refractivity contribution in [1.82, 2.24) is 0 Å². The third kappa shape index (κ3) is 4.37. The van der Waals surface area contributed by atoms with E-state index in [1.54, 1.807) is 7.11 Å². The van der Waals surface area contributed by atoms with Gasteiger partial charge >= 0.3 is 5.97 Å². The number of carbonyl (C=O) groups is 1. The van der Waals surface area contributed by atoms with E-state index in [0.717, 1.165) is 12.8 Å². The Morgan fingerprint density at radius 3 is 2.56 bits per heavy atom. The van der Waals surface area contributed by atoms with E-state index >= 15 is 0 Å². The molecular weight excluding hydrogens is 277 g/mol. The van der Waals surface area contributed by atoms with Crippen molar-refractivity contribution < 1.29 is 14.3 Å². The summed E-state index contributed by atoms with van der Waals surface area (Å²) in [4.78, 5) is 11.7. The highest BCUT2D eigenvalue weighted by atomic mass is 35.5. The Labute approximate surface area is 116 Å². The van der Waals surface area contributed by atoms with E-state index in [0.29, 0.717) is 18.8 Å². The lowest BCUT2D eigenvalue weighted by atomic mass is 10.2. The monoisotopic (exact) mass is 291 g/mol. The zero-order valence-corrected chi connectivity index (χ0v) is 11.6. The molecule has 1 rings (SSSR count). The number of benzene rings is 1. The van der Waals surface area contributed by atoms with Crippen molar-refractivity contribution >= 4 is 34.9 Å². The summed E-state index contributed by atoms with van der Waals surface area (Å²) in [6.07, 6.45) is 1.59. The highest BCUT2D eigenvalue weighted by molar-refractivity contribution is 6.43. The maximum absolute atomic E-state index is 11.7. The van der Waals surface area contributed by atoms with Gasteiger partial charge in [-0.1, -0.05) is 23.2 Å². The normalized spacial score (nSPS) is 10.4. The average Bonchev–Trinajstić information content (AvgIpc) is 2.34. The van der Waals surface area contributed by atoms with Gasteiger partial charge in [-0.05, 0) is 25.0 Å². The fourth-order valence-corrected chi connectivity index (χ4v) is 1.66. The van der Waals surface area contributed by atoms with Gasteiger partial charge in [-0.3, -0.25) is 0 Å². The number of methoxy groups -OCH3 is 1. The quantitative estimate of drug-likeness (QED) is 0.497. The fourth-order valence-electron chi connectivity index (χ4n) is 1.32. The predicted octanol–water partition coefficient (Wildman–Crippen LogP) is 3.16. The summed E-state index contributed by atoms with van der Waals surface area (Å²) in [6.45, 7) is 0.986. The van der Waals surface area contributed by atoms with Crippen LogP contribution in [0.5, 0.6) is 0 Å². The Hall–Kier alpha value is -0.970. The molecule has 0 aliphatic rings. The molecule has 1 aromatic carbocycles. The first-order chi connectivity index (χ1) is 8.56. The molecule has 4 nitrogen and oxygen atoms in total. The van der Waals surface area contributed by atoms with Crippen molar-refractivity contribution in [2.24, 2.45) is 0 Å². The lowest BCUT2D eigenvalue weighted by Gasteiger charge is -2.07. The molecule has 0 saturated carbocycles. The first kappa shape index (κ1) is 15.1. The molecule has 0 spiro atoms. The Bertz CT molecular complexity index is 401. The van der Waals surface area contributed by atoms with Gasteiger partial charge in [0.2, 0.25) is 0 Å². The van der Waals surface area contributed by atoms with Gasteiger partial charge in [-0.15, -0.1) is 0 Å². The van der Waals surface area contributed by atoms with Crippen LogP contribution in [0.1, 0.15) is 23.2 Å². The maximum atomic E-state index is 11.7. The first-order valence-corrected chi connectivity index (χ1v) is 6.22. The van der Waals surface area contributed by atoms with Crippen LogP contribution in [0.15, 0.2) is 12.1 Å². The Balaban J connectivity index is 2.52. The van der Waals surface area contributed by atoms with Crippen molar-refractivity contribution in [1.29, 1.82) is 0 Å². The molecular formula is C12H15Cl2NO3. The second kappa shape index (κ2) is 7.46. The number of nitrogen functional groups attached to an aromatic ring is 1. The molecule has 0 radical (unpaired) electrons. The zero-order chi connectivity index (χ0) is 13.5. The lowest BCUT2D eigenvalue weighted by molar-refractivity contribution is 0.0489. The molecule has 0 bridgehead atoms. The topological polar surface area (TPSA) is 61.5 Å². The molecule has 0 saturated heterocycles. The Morgan fingerprint density at radius 2 is 1.94 bits per heavy atom. The molecule has 0 aromatic heterocycles. The summed E-state index contributed by atoms with van der Waals surface area (Å²) < 4.78 is 9.96. The van der Waals surface area contributed by atoms with Gasteiger partial charge in [-0.2, -0.15) is 0 Å². The van der Waals surface area contributed by atoms with Gasteiger partial charge in [0.25, 0.3) is 0 Å². The van der Waals surface area contributed by atoms with Crippen LogP contribution in [0.3, 0.4) is 0 Å². The van der Waals surface area contributed by atoms with Crippen molar-refractivity contribution in [3.05, 3.63) is 27.7 Å². The third-order valence-electron chi connectivity index (χ3n) is 2.27. The maximum Gasteiger partial charge on any atom is 0.338 e. The molecule has 0 aliphatic heterocycles. The molecule has 0 aliphatic carbocycles. The number of unbranched alkanes of at least 4 members (excludes halogenated alkanes) is 1. The second-order valence-electron chi connectivity index (χ2n) is 3.70. The van der Waals surface area contributed by atoms with Gasteiger partial charge in [0.05, 0.1) is 27.9 Å². The van der Waals surface area contributed by atoms with Crippen LogP contribution >= 0.6 is 23.2 Å². The average molecular weight is 292 g/mol. The molecule has 1 aromatic rings. The van der Waals surface area contributed by atoms with Crippen LogP contribution in [0.4, 0.5) is 5.69 Å². The molecule has 18 heavy (non-hydrogen) atoms. The minimum absolute atomic E-state index is 0.239. The van der Waals surface area contributed by atoms with E-state index in [1.165, 1.54) is 12.1 Å². The highest BCUT2D eigenvalue weighted by Gasteiger charge is 2.12. The molecule has 2 N–H and O–H groups in total. The summed E-state index contributed by atoms with van der Waals surface area (Å²) in [5.41, 5.74) is 6.17. The number of nitrogens with two attached hydrogens (primary N) is 1. The molecule has 0 unspecified atom stereocenters. The minimum Gasteiger partial charge on any atom is -0.462 e. The van der Waals surface area contributed by atoms with Gasteiger partial charge < -0.3 is 15.2 Å². The number of anilines is 1. The van der Waals surface area contributed by atoms with Crippen LogP contribution in [-0.4, -0.2) is 26.3 Å². The van der Waals surface area contributed by atoms with Crippen LogP contribution in [0.25, 0.3) is 0 Å². The van der Waals surface area contributed by atoms with Gasteiger partial charge in [0.1, 0.15) is 0 Å². The van der Waals surface area contributed by atoms with Crippen LogP contribution in [-0.2, 0) is 9.47 Å². The smallest absolute Gasteiger partial charge is 0.338 e. The molecule has 0 amide bonds. The van der Waals surface area contributed by atoms with E-state index in [4.69, 9.17) is 38.4 Å². The molecule has 0 fully saturated rings. The second-order valence-corrected chi connectivity index (χ2v) is 4.48. The number of esters is 1. The summed E-state index contributed by atoms with van der Waals surface area (Å²) in [5.74, 6) is -0.460. The number of halogens is 2. The van der Waals surface area contributed by atoms with Gasteiger partial charge in [-0.25, -0.2) is 4.79 Å². The van der Waals surface area contributed by atoms with Crippen molar-refractivity contribution in [3.8, 4) is 0 Å².